The summed E-state index contributed by atoms with van der Waals surface area (Å²) in [5.41, 5.74) is 3.66. The fourth-order valence-electron chi connectivity index (χ4n) is 3.88. The zero-order valence-electron chi connectivity index (χ0n) is 15.8. The van der Waals surface area contributed by atoms with Gasteiger partial charge in [0.05, 0.1) is 6.04 Å². The van der Waals surface area contributed by atoms with Crippen molar-refractivity contribution in [2.45, 2.75) is 25.4 Å². The van der Waals surface area contributed by atoms with Crippen molar-refractivity contribution in [1.29, 1.82) is 0 Å². The molecule has 0 saturated carbocycles. The molecule has 2 heterocycles. The number of carbonyl (C=O) groups is 1. The quantitative estimate of drug-likeness (QED) is 0.873. The lowest BCUT2D eigenvalue weighted by Gasteiger charge is -2.33. The van der Waals surface area contributed by atoms with Crippen LogP contribution in [0.1, 0.15) is 29.2 Å². The molecule has 1 saturated heterocycles. The van der Waals surface area contributed by atoms with Crippen molar-refractivity contribution < 1.29 is 4.79 Å². The molecule has 1 aromatic heterocycles. The molecule has 2 aromatic rings. The van der Waals surface area contributed by atoms with Gasteiger partial charge in [0.15, 0.2) is 0 Å². The Morgan fingerprint density at radius 3 is 2.85 bits per heavy atom. The molecular weight excluding hydrogens is 338 g/mol. The molecule has 1 aromatic carbocycles. The number of hydrogen-bond acceptors (Lipinski definition) is 4. The maximum atomic E-state index is 12.4. The maximum absolute atomic E-state index is 12.4. The van der Waals surface area contributed by atoms with Gasteiger partial charge in [0.1, 0.15) is 5.82 Å². The van der Waals surface area contributed by atoms with Gasteiger partial charge in [0.2, 0.25) is 0 Å². The van der Waals surface area contributed by atoms with Gasteiger partial charge in [-0.2, -0.15) is 0 Å². The number of rotatable bonds is 4. The van der Waals surface area contributed by atoms with E-state index in [4.69, 9.17) is 0 Å². The van der Waals surface area contributed by atoms with Gasteiger partial charge >= 0.3 is 6.03 Å². The maximum Gasteiger partial charge on any atom is 0.315 e. The third kappa shape index (κ3) is 4.22. The van der Waals surface area contributed by atoms with Crippen molar-refractivity contribution in [1.82, 2.24) is 20.5 Å². The van der Waals surface area contributed by atoms with E-state index in [0.29, 0.717) is 6.54 Å². The third-order valence-corrected chi connectivity index (χ3v) is 5.53. The van der Waals surface area contributed by atoms with E-state index in [0.717, 1.165) is 50.4 Å². The zero-order chi connectivity index (χ0) is 18.6. The summed E-state index contributed by atoms with van der Waals surface area (Å²) in [4.78, 5) is 21.5. The Morgan fingerprint density at radius 1 is 1.19 bits per heavy atom. The second kappa shape index (κ2) is 7.96. The normalized spacial score (nSPS) is 19.6. The van der Waals surface area contributed by atoms with E-state index in [1.54, 1.807) is 0 Å². The number of aryl methyl sites for hydroxylation is 1. The number of benzene rings is 1. The molecular formula is C21H27N5O. The number of aromatic nitrogens is 1. The van der Waals surface area contributed by atoms with Crippen molar-refractivity contribution >= 4 is 11.8 Å². The molecule has 2 aliphatic rings. The van der Waals surface area contributed by atoms with Crippen molar-refractivity contribution in [3.63, 3.8) is 0 Å². The predicted octanol–water partition coefficient (Wildman–Crippen LogP) is 2.32. The van der Waals surface area contributed by atoms with Gasteiger partial charge in [-0.15, -0.1) is 0 Å². The molecule has 27 heavy (non-hydrogen) atoms. The molecule has 0 bridgehead atoms. The number of amides is 2. The largest absolute Gasteiger partial charge is 0.354 e. The summed E-state index contributed by atoms with van der Waals surface area (Å²) in [6.45, 7) is 4.58. The molecule has 1 atom stereocenters. The van der Waals surface area contributed by atoms with E-state index in [2.05, 4.69) is 56.7 Å². The van der Waals surface area contributed by atoms with Gasteiger partial charge in [-0.3, -0.25) is 0 Å². The highest BCUT2D eigenvalue weighted by molar-refractivity contribution is 5.74. The summed E-state index contributed by atoms with van der Waals surface area (Å²) in [5, 5.41) is 6.10. The first-order valence-corrected chi connectivity index (χ1v) is 9.69. The van der Waals surface area contributed by atoms with Gasteiger partial charge in [-0.05, 0) is 48.7 Å². The highest BCUT2D eigenvalue weighted by Crippen LogP contribution is 2.30. The molecule has 142 valence electrons. The van der Waals surface area contributed by atoms with Crippen LogP contribution in [0.5, 0.6) is 0 Å². The van der Waals surface area contributed by atoms with Gasteiger partial charge < -0.3 is 20.4 Å². The van der Waals surface area contributed by atoms with Crippen LogP contribution >= 0.6 is 0 Å². The van der Waals surface area contributed by atoms with Gasteiger partial charge in [-0.1, -0.05) is 24.3 Å². The van der Waals surface area contributed by atoms with Crippen molar-refractivity contribution in [2.75, 3.05) is 38.1 Å². The fourth-order valence-corrected chi connectivity index (χ4v) is 3.88. The lowest BCUT2D eigenvalue weighted by Crippen LogP contribution is -2.44. The lowest BCUT2D eigenvalue weighted by atomic mass is 10.1. The van der Waals surface area contributed by atoms with Crippen molar-refractivity contribution in [3.8, 4) is 0 Å². The molecule has 2 N–H and O–H groups in total. The summed E-state index contributed by atoms with van der Waals surface area (Å²) in [7, 11) is 2.15. The summed E-state index contributed by atoms with van der Waals surface area (Å²) >= 11 is 0. The first-order valence-electron chi connectivity index (χ1n) is 9.69. The van der Waals surface area contributed by atoms with E-state index in [9.17, 15) is 4.79 Å². The SMILES string of the molecule is CN1CCN(c2cc(CNC(=O)NC3CCc4ccccc43)ccn2)CC1. The van der Waals surface area contributed by atoms with Gasteiger partial charge in [-0.25, -0.2) is 9.78 Å². The van der Waals surface area contributed by atoms with Crippen LogP contribution in [0.15, 0.2) is 42.6 Å². The third-order valence-electron chi connectivity index (χ3n) is 5.53. The topological polar surface area (TPSA) is 60.5 Å². The second-order valence-electron chi connectivity index (χ2n) is 7.43. The molecule has 0 spiro atoms. The molecule has 1 aliphatic heterocycles. The number of hydrogen-bond donors (Lipinski definition) is 2. The Hall–Kier alpha value is -2.60. The van der Waals surface area contributed by atoms with Crippen LogP contribution < -0.4 is 15.5 Å². The summed E-state index contributed by atoms with van der Waals surface area (Å²) in [5.74, 6) is 0.993. The molecule has 1 aliphatic carbocycles. The molecule has 4 rings (SSSR count). The molecule has 2 amide bonds. The Labute approximate surface area is 160 Å². The van der Waals surface area contributed by atoms with Crippen LogP contribution in [0.4, 0.5) is 10.6 Å². The standard InChI is InChI=1S/C21H27N5O/c1-25-10-12-26(13-11-25)20-14-16(8-9-22-20)15-23-21(27)24-19-7-6-17-4-2-3-5-18(17)19/h2-5,8-9,14,19H,6-7,10-13,15H2,1H3,(H2,23,24,27). The smallest absolute Gasteiger partial charge is 0.315 e. The number of urea groups is 1. The number of likely N-dealkylation sites (N-methyl/N-ethyl adjacent to an activating group) is 1. The van der Waals surface area contributed by atoms with E-state index in [-0.39, 0.29) is 12.1 Å². The number of nitrogens with zero attached hydrogens (tertiary/aromatic N) is 3. The average Bonchev–Trinajstić information content (AvgIpc) is 3.10. The zero-order valence-corrected chi connectivity index (χ0v) is 15.8. The van der Waals surface area contributed by atoms with E-state index >= 15 is 0 Å². The molecule has 1 unspecified atom stereocenters. The first-order chi connectivity index (χ1) is 13.2. The lowest BCUT2D eigenvalue weighted by molar-refractivity contribution is 0.236. The number of carbonyl (C=O) groups excluding carboxylic acids is 1. The minimum absolute atomic E-state index is 0.111. The minimum atomic E-state index is -0.116. The summed E-state index contributed by atoms with van der Waals surface area (Å²) in [6, 6.07) is 12.4. The van der Waals surface area contributed by atoms with E-state index < -0.39 is 0 Å². The number of pyridine rings is 1. The van der Waals surface area contributed by atoms with Crippen molar-refractivity contribution in [3.05, 3.63) is 59.3 Å². The molecule has 6 nitrogen and oxygen atoms in total. The second-order valence-corrected chi connectivity index (χ2v) is 7.43. The summed E-state index contributed by atoms with van der Waals surface area (Å²) in [6.07, 6.45) is 3.82. The highest BCUT2D eigenvalue weighted by atomic mass is 16.2. The van der Waals surface area contributed by atoms with E-state index in [1.165, 1.54) is 11.1 Å². The Balaban J connectivity index is 1.31. The van der Waals surface area contributed by atoms with E-state index in [1.807, 2.05) is 18.3 Å². The Kier molecular flexibility index (Phi) is 5.25. The van der Waals surface area contributed by atoms with Crippen LogP contribution in [0, 0.1) is 0 Å². The van der Waals surface area contributed by atoms with Gasteiger partial charge in [0, 0.05) is 38.9 Å². The number of fused-ring (bicyclic) bond motifs is 1. The summed E-state index contributed by atoms with van der Waals surface area (Å²) < 4.78 is 0. The average molecular weight is 365 g/mol. The van der Waals surface area contributed by atoms with Crippen LogP contribution in [0.2, 0.25) is 0 Å². The number of anilines is 1. The number of nitrogens with one attached hydrogen (secondary N) is 2. The van der Waals surface area contributed by atoms with Crippen LogP contribution in [0.3, 0.4) is 0 Å². The first kappa shape index (κ1) is 17.8. The Morgan fingerprint density at radius 2 is 2.00 bits per heavy atom. The highest BCUT2D eigenvalue weighted by Gasteiger charge is 2.23. The minimum Gasteiger partial charge on any atom is -0.354 e. The fraction of sp³-hybridized carbons (Fsp3) is 0.429. The predicted molar refractivity (Wildman–Crippen MR) is 107 cm³/mol. The van der Waals surface area contributed by atoms with Crippen LogP contribution in [0.25, 0.3) is 0 Å². The number of piperazine rings is 1. The van der Waals surface area contributed by atoms with Crippen LogP contribution in [-0.2, 0) is 13.0 Å². The monoisotopic (exact) mass is 365 g/mol. The van der Waals surface area contributed by atoms with Gasteiger partial charge in [0.25, 0.3) is 0 Å². The Bertz CT molecular complexity index is 801. The molecule has 0 radical (unpaired) electrons. The molecule has 6 heteroatoms. The molecule has 1 fully saturated rings. The van der Waals surface area contributed by atoms with Crippen LogP contribution in [-0.4, -0.2) is 49.1 Å². The van der Waals surface area contributed by atoms with Crippen molar-refractivity contribution in [2.24, 2.45) is 0 Å².